The van der Waals surface area contributed by atoms with Gasteiger partial charge in [-0.25, -0.2) is 9.97 Å². The number of hydrogen-bond donors (Lipinski definition) is 1. The molecule has 5 nitrogen and oxygen atoms in total. The van der Waals surface area contributed by atoms with Gasteiger partial charge in [0, 0.05) is 37.4 Å². The standard InChI is InChI=1S/C22H39N5/c1-4-17(5-2)15-26(3)16-19(23)21-24-20-12-10-11-18(20)22(25-21)27-13-8-6-7-9-14-27/h17,19H,4-16,23H2,1-3H3. The Kier molecular flexibility index (Phi) is 7.48. The lowest BCUT2D eigenvalue weighted by Gasteiger charge is -2.27. The number of aromatic nitrogens is 2. The Hall–Kier alpha value is -1.20. The second-order valence-corrected chi connectivity index (χ2v) is 8.60. The molecule has 0 radical (unpaired) electrons. The molecule has 0 aromatic carbocycles. The zero-order chi connectivity index (χ0) is 19.2. The Morgan fingerprint density at radius 3 is 2.33 bits per heavy atom. The Morgan fingerprint density at radius 2 is 1.67 bits per heavy atom. The van der Waals surface area contributed by atoms with Gasteiger partial charge in [0.1, 0.15) is 11.6 Å². The normalized spacial score (nSPS) is 18.8. The number of rotatable bonds is 8. The molecular weight excluding hydrogens is 334 g/mol. The predicted molar refractivity (Wildman–Crippen MR) is 113 cm³/mol. The number of fused-ring (bicyclic) bond motifs is 1. The fourth-order valence-electron chi connectivity index (χ4n) is 4.62. The molecular formula is C22H39N5. The van der Waals surface area contributed by atoms with Crippen molar-refractivity contribution in [2.24, 2.45) is 11.7 Å². The summed E-state index contributed by atoms with van der Waals surface area (Å²) in [5, 5.41) is 0. The largest absolute Gasteiger partial charge is 0.356 e. The Labute approximate surface area is 165 Å². The summed E-state index contributed by atoms with van der Waals surface area (Å²) in [6.45, 7) is 8.75. The molecule has 0 saturated carbocycles. The van der Waals surface area contributed by atoms with Gasteiger partial charge in [-0.15, -0.1) is 0 Å². The average molecular weight is 374 g/mol. The highest BCUT2D eigenvalue weighted by atomic mass is 15.2. The summed E-state index contributed by atoms with van der Waals surface area (Å²) >= 11 is 0. The molecule has 3 rings (SSSR count). The van der Waals surface area contributed by atoms with Crippen LogP contribution in [0.25, 0.3) is 0 Å². The van der Waals surface area contributed by atoms with E-state index in [0.29, 0.717) is 0 Å². The van der Waals surface area contributed by atoms with Gasteiger partial charge >= 0.3 is 0 Å². The number of nitrogens with zero attached hydrogens (tertiary/aromatic N) is 4. The zero-order valence-electron chi connectivity index (χ0n) is 17.7. The molecule has 0 spiro atoms. The van der Waals surface area contributed by atoms with E-state index in [9.17, 15) is 0 Å². The van der Waals surface area contributed by atoms with Crippen LogP contribution in [0.15, 0.2) is 0 Å². The number of hydrogen-bond acceptors (Lipinski definition) is 5. The van der Waals surface area contributed by atoms with Crippen molar-refractivity contribution in [1.29, 1.82) is 0 Å². The van der Waals surface area contributed by atoms with Gasteiger partial charge in [0.2, 0.25) is 0 Å². The van der Waals surface area contributed by atoms with Gasteiger partial charge in [0.05, 0.1) is 6.04 Å². The van der Waals surface area contributed by atoms with Crippen molar-refractivity contribution < 1.29 is 0 Å². The summed E-state index contributed by atoms with van der Waals surface area (Å²) < 4.78 is 0. The lowest BCUT2D eigenvalue weighted by atomic mass is 10.0. The average Bonchev–Trinajstić information content (AvgIpc) is 2.98. The highest BCUT2D eigenvalue weighted by molar-refractivity contribution is 5.51. The van der Waals surface area contributed by atoms with Gasteiger partial charge in [-0.1, -0.05) is 39.5 Å². The summed E-state index contributed by atoms with van der Waals surface area (Å²) in [6, 6.07) is -0.110. The van der Waals surface area contributed by atoms with Crippen molar-refractivity contribution in [2.45, 2.75) is 77.7 Å². The topological polar surface area (TPSA) is 58.3 Å². The Morgan fingerprint density at radius 1 is 0.963 bits per heavy atom. The third-order valence-electron chi connectivity index (χ3n) is 6.40. The molecule has 1 unspecified atom stereocenters. The van der Waals surface area contributed by atoms with Crippen LogP contribution in [0.1, 0.15) is 81.9 Å². The third kappa shape index (κ3) is 5.20. The molecule has 1 aromatic heterocycles. The first-order chi connectivity index (χ1) is 13.1. The maximum Gasteiger partial charge on any atom is 0.149 e. The first-order valence-electron chi connectivity index (χ1n) is 11.2. The SMILES string of the molecule is CCC(CC)CN(C)CC(N)c1nc2c(c(N3CCCCCC3)n1)CCC2. The summed E-state index contributed by atoms with van der Waals surface area (Å²) in [6.07, 6.45) is 11.1. The highest BCUT2D eigenvalue weighted by Crippen LogP contribution is 2.31. The van der Waals surface area contributed by atoms with Gasteiger partial charge in [0.25, 0.3) is 0 Å². The van der Waals surface area contributed by atoms with Crippen LogP contribution in [0.3, 0.4) is 0 Å². The molecule has 152 valence electrons. The minimum Gasteiger partial charge on any atom is -0.356 e. The number of nitrogens with two attached hydrogens (primary N) is 1. The first-order valence-corrected chi connectivity index (χ1v) is 11.2. The molecule has 1 aromatic rings. The fourth-order valence-corrected chi connectivity index (χ4v) is 4.62. The summed E-state index contributed by atoms with van der Waals surface area (Å²) in [4.78, 5) is 14.8. The van der Waals surface area contributed by atoms with E-state index in [4.69, 9.17) is 15.7 Å². The molecule has 2 heterocycles. The van der Waals surface area contributed by atoms with Gasteiger partial charge < -0.3 is 15.5 Å². The first kappa shape index (κ1) is 20.5. The molecule has 1 aliphatic carbocycles. The van der Waals surface area contributed by atoms with E-state index in [2.05, 4.69) is 30.7 Å². The Bertz CT molecular complexity index is 591. The van der Waals surface area contributed by atoms with Crippen LogP contribution in [0.2, 0.25) is 0 Å². The molecule has 5 heteroatoms. The number of anilines is 1. The van der Waals surface area contributed by atoms with Crippen LogP contribution in [-0.4, -0.2) is 48.1 Å². The quantitative estimate of drug-likeness (QED) is 0.753. The van der Waals surface area contributed by atoms with E-state index >= 15 is 0 Å². The van der Waals surface area contributed by atoms with E-state index in [1.54, 1.807) is 0 Å². The molecule has 1 fully saturated rings. The molecule has 2 N–H and O–H groups in total. The van der Waals surface area contributed by atoms with Crippen LogP contribution >= 0.6 is 0 Å². The number of likely N-dealkylation sites (N-methyl/N-ethyl adjacent to an activating group) is 1. The third-order valence-corrected chi connectivity index (χ3v) is 6.40. The Balaban J connectivity index is 1.76. The van der Waals surface area contributed by atoms with Gasteiger partial charge in [0.15, 0.2) is 0 Å². The predicted octanol–water partition coefficient (Wildman–Crippen LogP) is 3.71. The van der Waals surface area contributed by atoms with E-state index < -0.39 is 0 Å². The van der Waals surface area contributed by atoms with E-state index in [1.165, 1.54) is 62.0 Å². The monoisotopic (exact) mass is 373 g/mol. The molecule has 0 bridgehead atoms. The molecule has 1 atom stereocenters. The van der Waals surface area contributed by atoms with Crippen molar-refractivity contribution in [1.82, 2.24) is 14.9 Å². The highest BCUT2D eigenvalue weighted by Gasteiger charge is 2.25. The maximum absolute atomic E-state index is 6.59. The summed E-state index contributed by atoms with van der Waals surface area (Å²) in [7, 11) is 2.18. The maximum atomic E-state index is 6.59. The summed E-state index contributed by atoms with van der Waals surface area (Å²) in [5.41, 5.74) is 9.26. The van der Waals surface area contributed by atoms with Gasteiger partial charge in [-0.05, 0) is 45.1 Å². The minimum absolute atomic E-state index is 0.110. The van der Waals surface area contributed by atoms with Crippen molar-refractivity contribution in [2.75, 3.05) is 38.1 Å². The van der Waals surface area contributed by atoms with Crippen LogP contribution < -0.4 is 10.6 Å². The van der Waals surface area contributed by atoms with E-state index in [1.807, 2.05) is 0 Å². The number of aryl methyl sites for hydroxylation is 1. The summed E-state index contributed by atoms with van der Waals surface area (Å²) in [5.74, 6) is 2.80. The molecule has 27 heavy (non-hydrogen) atoms. The smallest absolute Gasteiger partial charge is 0.149 e. The van der Waals surface area contributed by atoms with Gasteiger partial charge in [-0.2, -0.15) is 0 Å². The van der Waals surface area contributed by atoms with E-state index in [-0.39, 0.29) is 6.04 Å². The van der Waals surface area contributed by atoms with Crippen LogP contribution in [0.5, 0.6) is 0 Å². The molecule has 0 amide bonds. The lowest BCUT2D eigenvalue weighted by molar-refractivity contribution is 0.251. The van der Waals surface area contributed by atoms with Gasteiger partial charge in [-0.3, -0.25) is 0 Å². The van der Waals surface area contributed by atoms with Crippen LogP contribution in [0, 0.1) is 5.92 Å². The lowest BCUT2D eigenvalue weighted by Crippen LogP contribution is -2.34. The molecule has 1 saturated heterocycles. The minimum atomic E-state index is -0.110. The van der Waals surface area contributed by atoms with Crippen molar-refractivity contribution in [3.05, 3.63) is 17.1 Å². The van der Waals surface area contributed by atoms with E-state index in [0.717, 1.165) is 50.8 Å². The van der Waals surface area contributed by atoms with Crippen LogP contribution in [0.4, 0.5) is 5.82 Å². The molecule has 1 aliphatic heterocycles. The van der Waals surface area contributed by atoms with Crippen molar-refractivity contribution >= 4 is 5.82 Å². The van der Waals surface area contributed by atoms with Crippen LogP contribution in [-0.2, 0) is 12.8 Å². The fraction of sp³-hybridized carbons (Fsp3) is 0.818. The van der Waals surface area contributed by atoms with Crippen molar-refractivity contribution in [3.8, 4) is 0 Å². The second kappa shape index (κ2) is 9.83. The molecule has 2 aliphatic rings. The zero-order valence-corrected chi connectivity index (χ0v) is 17.7. The second-order valence-electron chi connectivity index (χ2n) is 8.60. The van der Waals surface area contributed by atoms with Crippen molar-refractivity contribution in [3.63, 3.8) is 0 Å².